The first-order valence-corrected chi connectivity index (χ1v) is 11.5. The number of methoxy groups -OCH3 is 1. The van der Waals surface area contributed by atoms with Crippen LogP contribution in [0.1, 0.15) is 116 Å². The van der Waals surface area contributed by atoms with E-state index in [4.69, 9.17) is 4.74 Å². The maximum atomic E-state index is 11.5. The minimum absolute atomic E-state index is 0.154. The molecule has 0 atom stereocenters. The number of rotatable bonds is 21. The van der Waals surface area contributed by atoms with E-state index < -0.39 is 0 Å². The van der Waals surface area contributed by atoms with Gasteiger partial charge in [-0.3, -0.25) is 9.59 Å². The molecule has 0 heterocycles. The maximum Gasteiger partial charge on any atom is 0.220 e. The predicted octanol–water partition coefficient (Wildman–Crippen LogP) is 5.97. The quantitative estimate of drug-likeness (QED) is 0.248. The first-order valence-electron chi connectivity index (χ1n) is 11.5. The van der Waals surface area contributed by atoms with Crippen LogP contribution >= 0.6 is 0 Å². The van der Waals surface area contributed by atoms with Gasteiger partial charge in [-0.2, -0.15) is 0 Å². The van der Waals surface area contributed by atoms with Crippen LogP contribution in [0.5, 0.6) is 0 Å². The number of amides is 1. The molecule has 0 saturated carbocycles. The molecule has 0 aliphatic carbocycles. The number of carbonyl (C=O) groups excluding carboxylic acids is 2. The van der Waals surface area contributed by atoms with Gasteiger partial charge < -0.3 is 10.1 Å². The lowest BCUT2D eigenvalue weighted by atomic mass is 10.0. The molecule has 160 valence electrons. The van der Waals surface area contributed by atoms with Gasteiger partial charge in [0.2, 0.25) is 5.91 Å². The Morgan fingerprint density at radius 3 is 1.48 bits per heavy atom. The topological polar surface area (TPSA) is 55.4 Å². The van der Waals surface area contributed by atoms with Crippen molar-refractivity contribution in [1.82, 2.24) is 5.32 Å². The van der Waals surface area contributed by atoms with Gasteiger partial charge in [-0.05, 0) is 12.8 Å². The number of ether oxygens (including phenoxy) is 1. The molecule has 0 fully saturated rings. The van der Waals surface area contributed by atoms with Crippen LogP contribution in [0.3, 0.4) is 0 Å². The fourth-order valence-corrected chi connectivity index (χ4v) is 3.29. The van der Waals surface area contributed by atoms with E-state index in [0.29, 0.717) is 31.8 Å². The van der Waals surface area contributed by atoms with E-state index >= 15 is 0 Å². The first-order chi connectivity index (χ1) is 13.2. The number of hydrogen-bond acceptors (Lipinski definition) is 3. The largest absolute Gasteiger partial charge is 0.383 e. The van der Waals surface area contributed by atoms with E-state index in [-0.39, 0.29) is 5.91 Å². The van der Waals surface area contributed by atoms with Crippen molar-refractivity contribution in [3.8, 4) is 0 Å². The first kappa shape index (κ1) is 26.1. The van der Waals surface area contributed by atoms with Crippen molar-refractivity contribution in [3.63, 3.8) is 0 Å². The minimum Gasteiger partial charge on any atom is -0.383 e. The summed E-state index contributed by atoms with van der Waals surface area (Å²) in [7, 11) is 1.65. The molecule has 0 spiro atoms. The molecule has 0 aliphatic rings. The van der Waals surface area contributed by atoms with Crippen molar-refractivity contribution >= 4 is 11.7 Å². The highest BCUT2D eigenvalue weighted by atomic mass is 16.5. The average Bonchev–Trinajstić information content (AvgIpc) is 2.67. The van der Waals surface area contributed by atoms with Gasteiger partial charge in [0.1, 0.15) is 5.78 Å². The van der Waals surface area contributed by atoms with Gasteiger partial charge >= 0.3 is 0 Å². The summed E-state index contributed by atoms with van der Waals surface area (Å²) in [5.74, 6) is 0.569. The number of hydrogen-bond donors (Lipinski definition) is 1. The molecule has 0 aliphatic heterocycles. The third-order valence-corrected chi connectivity index (χ3v) is 5.13. The maximum absolute atomic E-state index is 11.5. The zero-order valence-corrected chi connectivity index (χ0v) is 18.2. The third kappa shape index (κ3) is 21.3. The van der Waals surface area contributed by atoms with Crippen LogP contribution in [0.4, 0.5) is 0 Å². The van der Waals surface area contributed by atoms with Gasteiger partial charge in [0.25, 0.3) is 0 Å². The summed E-state index contributed by atoms with van der Waals surface area (Å²) in [5, 5.41) is 2.86. The SMILES string of the molecule is CCC(=O)CCCCCCCCCCCCCCCCC(=O)NCCOC. The van der Waals surface area contributed by atoms with Crippen molar-refractivity contribution in [2.75, 3.05) is 20.3 Å². The smallest absolute Gasteiger partial charge is 0.220 e. The van der Waals surface area contributed by atoms with Crippen molar-refractivity contribution in [1.29, 1.82) is 0 Å². The van der Waals surface area contributed by atoms with Crippen molar-refractivity contribution in [2.45, 2.75) is 116 Å². The lowest BCUT2D eigenvalue weighted by Crippen LogP contribution is -2.26. The van der Waals surface area contributed by atoms with Crippen molar-refractivity contribution in [3.05, 3.63) is 0 Å². The Hall–Kier alpha value is -0.900. The Morgan fingerprint density at radius 2 is 1.07 bits per heavy atom. The molecule has 0 aromatic heterocycles. The van der Waals surface area contributed by atoms with E-state index in [0.717, 1.165) is 19.3 Å². The van der Waals surface area contributed by atoms with E-state index in [1.807, 2.05) is 6.92 Å². The zero-order chi connectivity index (χ0) is 20.0. The summed E-state index contributed by atoms with van der Waals surface area (Å²) in [6.45, 7) is 3.16. The van der Waals surface area contributed by atoms with Gasteiger partial charge in [0.15, 0.2) is 0 Å². The summed E-state index contributed by atoms with van der Waals surface area (Å²) in [4.78, 5) is 22.7. The average molecular weight is 384 g/mol. The van der Waals surface area contributed by atoms with Gasteiger partial charge in [0, 0.05) is 32.9 Å². The summed E-state index contributed by atoms with van der Waals surface area (Å²) in [5.41, 5.74) is 0. The second kappa shape index (κ2) is 21.4. The summed E-state index contributed by atoms with van der Waals surface area (Å²) in [6, 6.07) is 0. The third-order valence-electron chi connectivity index (χ3n) is 5.13. The Morgan fingerprint density at radius 1 is 0.667 bits per heavy atom. The summed E-state index contributed by atoms with van der Waals surface area (Å²) in [6.07, 6.45) is 20.0. The number of ketones is 1. The highest BCUT2D eigenvalue weighted by Crippen LogP contribution is 2.13. The molecule has 0 saturated heterocycles. The van der Waals surface area contributed by atoms with Crippen LogP contribution < -0.4 is 5.32 Å². The lowest BCUT2D eigenvalue weighted by Gasteiger charge is -2.05. The second-order valence-electron chi connectivity index (χ2n) is 7.68. The Bertz CT molecular complexity index is 345. The molecule has 0 radical (unpaired) electrons. The zero-order valence-electron chi connectivity index (χ0n) is 18.2. The molecular weight excluding hydrogens is 338 g/mol. The van der Waals surface area contributed by atoms with Crippen LogP contribution in [0.25, 0.3) is 0 Å². The Labute approximate surface area is 168 Å². The molecule has 0 unspecified atom stereocenters. The minimum atomic E-state index is 0.154. The molecule has 1 amide bonds. The van der Waals surface area contributed by atoms with E-state index in [2.05, 4.69) is 5.32 Å². The van der Waals surface area contributed by atoms with Gasteiger partial charge in [-0.25, -0.2) is 0 Å². The molecule has 0 aromatic carbocycles. The number of unbranched alkanes of at least 4 members (excludes halogenated alkanes) is 13. The van der Waals surface area contributed by atoms with Gasteiger partial charge in [-0.1, -0.05) is 84.0 Å². The number of Topliss-reactive ketones (excluding diaryl/α,β-unsaturated/α-hetero) is 1. The summed E-state index contributed by atoms with van der Waals surface area (Å²) >= 11 is 0. The number of carbonyl (C=O) groups is 2. The molecular formula is C23H45NO3. The molecule has 0 bridgehead atoms. The van der Waals surface area contributed by atoms with Crippen LogP contribution in [0.2, 0.25) is 0 Å². The highest BCUT2D eigenvalue weighted by Gasteiger charge is 2.00. The van der Waals surface area contributed by atoms with E-state index in [1.54, 1.807) is 7.11 Å². The standard InChI is InChI=1S/C23H45NO3/c1-3-22(25)18-16-14-12-10-8-6-4-5-7-9-11-13-15-17-19-23(26)24-20-21-27-2/h3-21H2,1-2H3,(H,24,26). The predicted molar refractivity (Wildman–Crippen MR) is 114 cm³/mol. The van der Waals surface area contributed by atoms with Crippen molar-refractivity contribution < 1.29 is 14.3 Å². The highest BCUT2D eigenvalue weighted by molar-refractivity contribution is 5.77. The van der Waals surface area contributed by atoms with E-state index in [1.165, 1.54) is 77.0 Å². The molecule has 4 nitrogen and oxygen atoms in total. The van der Waals surface area contributed by atoms with Crippen LogP contribution in [-0.2, 0) is 14.3 Å². The fourth-order valence-electron chi connectivity index (χ4n) is 3.29. The van der Waals surface area contributed by atoms with Crippen molar-refractivity contribution in [2.24, 2.45) is 0 Å². The summed E-state index contributed by atoms with van der Waals surface area (Å²) < 4.78 is 4.91. The molecule has 4 heteroatoms. The lowest BCUT2D eigenvalue weighted by molar-refractivity contribution is -0.121. The van der Waals surface area contributed by atoms with Crippen LogP contribution in [0, 0.1) is 0 Å². The van der Waals surface area contributed by atoms with Crippen LogP contribution in [0.15, 0.2) is 0 Å². The number of nitrogens with one attached hydrogen (secondary N) is 1. The van der Waals surface area contributed by atoms with Gasteiger partial charge in [-0.15, -0.1) is 0 Å². The van der Waals surface area contributed by atoms with Gasteiger partial charge in [0.05, 0.1) is 6.61 Å². The molecule has 0 aromatic rings. The Balaban J connectivity index is 3.10. The fraction of sp³-hybridized carbons (Fsp3) is 0.913. The normalized spacial score (nSPS) is 10.9. The molecule has 1 N–H and O–H groups in total. The monoisotopic (exact) mass is 383 g/mol. The van der Waals surface area contributed by atoms with E-state index in [9.17, 15) is 9.59 Å². The Kier molecular flexibility index (Phi) is 20.7. The second-order valence-corrected chi connectivity index (χ2v) is 7.68. The molecule has 27 heavy (non-hydrogen) atoms. The van der Waals surface area contributed by atoms with Crippen LogP contribution in [-0.4, -0.2) is 32.0 Å². The molecule has 0 rings (SSSR count).